The molecule has 2 amide bonds. The summed E-state index contributed by atoms with van der Waals surface area (Å²) in [5, 5.41) is 0. The summed E-state index contributed by atoms with van der Waals surface area (Å²) < 4.78 is 5.30. The molecule has 3 fully saturated rings. The van der Waals surface area contributed by atoms with Crippen molar-refractivity contribution in [3.63, 3.8) is 0 Å². The minimum absolute atomic E-state index is 0.0812. The number of imide groups is 1. The van der Waals surface area contributed by atoms with Gasteiger partial charge in [0.05, 0.1) is 11.8 Å². The Balaban J connectivity index is 1.50. The maximum absolute atomic E-state index is 13.3. The highest BCUT2D eigenvalue weighted by atomic mass is 79.9. The first kappa shape index (κ1) is 23.0. The standard InChI is InChI=1S/C22H23Br2NO5S/c1-31-8-7-14(22(29)30-10-15(26)11-5-3-2-4-6-11)25-20(27)16-12-9-13(17(16)21(25)28)19(24)18(12)23/h2-6,12-14,16-19H,7-10H2,1H3/t12-,13-,14+,16-,17+,18-,19+/m0/s1. The van der Waals surface area contributed by atoms with Gasteiger partial charge in [-0.3, -0.25) is 19.3 Å². The van der Waals surface area contributed by atoms with Crippen LogP contribution in [0.4, 0.5) is 0 Å². The van der Waals surface area contributed by atoms with E-state index in [9.17, 15) is 19.2 Å². The Kier molecular flexibility index (Phi) is 6.93. The number of ketones is 1. The Morgan fingerprint density at radius 1 is 1.10 bits per heavy atom. The molecule has 0 radical (unpaired) electrons. The highest BCUT2D eigenvalue weighted by Gasteiger charge is 2.67. The van der Waals surface area contributed by atoms with Crippen molar-refractivity contribution in [1.29, 1.82) is 0 Å². The van der Waals surface area contributed by atoms with E-state index in [2.05, 4.69) is 31.9 Å². The number of alkyl halides is 2. The van der Waals surface area contributed by atoms with E-state index in [-0.39, 0.29) is 50.9 Å². The minimum Gasteiger partial charge on any atom is -0.456 e. The number of fused-ring (bicyclic) bond motifs is 5. The van der Waals surface area contributed by atoms with Crippen molar-refractivity contribution >= 4 is 67.2 Å². The van der Waals surface area contributed by atoms with Crippen LogP contribution in [0.25, 0.3) is 0 Å². The minimum atomic E-state index is -0.997. The largest absolute Gasteiger partial charge is 0.456 e. The molecule has 1 aromatic carbocycles. The molecule has 166 valence electrons. The van der Waals surface area contributed by atoms with E-state index in [1.54, 1.807) is 30.3 Å². The number of rotatable bonds is 8. The number of ether oxygens (including phenoxy) is 1. The molecule has 7 atom stereocenters. The Morgan fingerprint density at radius 3 is 2.23 bits per heavy atom. The van der Waals surface area contributed by atoms with Crippen LogP contribution in [0.15, 0.2) is 30.3 Å². The molecular weight excluding hydrogens is 550 g/mol. The van der Waals surface area contributed by atoms with E-state index >= 15 is 0 Å². The molecule has 2 bridgehead atoms. The van der Waals surface area contributed by atoms with Crippen molar-refractivity contribution in [2.45, 2.75) is 28.5 Å². The Labute approximate surface area is 202 Å². The van der Waals surface area contributed by atoms with Gasteiger partial charge in [-0.05, 0) is 36.7 Å². The molecule has 6 nitrogen and oxygen atoms in total. The van der Waals surface area contributed by atoms with Gasteiger partial charge >= 0.3 is 5.97 Å². The van der Waals surface area contributed by atoms with Crippen LogP contribution in [0, 0.1) is 23.7 Å². The van der Waals surface area contributed by atoms with Gasteiger partial charge in [-0.2, -0.15) is 11.8 Å². The molecule has 0 spiro atoms. The summed E-state index contributed by atoms with van der Waals surface area (Å²) in [6.45, 7) is -0.417. The fourth-order valence-corrected chi connectivity index (χ4v) is 7.53. The number of halogens is 2. The first-order valence-corrected chi connectivity index (χ1v) is 13.5. The number of likely N-dealkylation sites (tertiary alicyclic amines) is 1. The van der Waals surface area contributed by atoms with E-state index in [4.69, 9.17) is 4.74 Å². The van der Waals surface area contributed by atoms with Crippen LogP contribution >= 0.6 is 43.6 Å². The number of benzene rings is 1. The molecule has 4 rings (SSSR count). The van der Waals surface area contributed by atoms with Crippen LogP contribution in [-0.4, -0.2) is 62.8 Å². The van der Waals surface area contributed by atoms with E-state index in [0.29, 0.717) is 17.7 Å². The lowest BCUT2D eigenvalue weighted by atomic mass is 9.81. The van der Waals surface area contributed by atoms with Gasteiger partial charge in [0, 0.05) is 15.2 Å². The number of esters is 1. The molecule has 0 unspecified atom stereocenters. The van der Waals surface area contributed by atoms with Crippen molar-refractivity contribution in [1.82, 2.24) is 4.90 Å². The summed E-state index contributed by atoms with van der Waals surface area (Å²) in [5.41, 5.74) is 0.446. The zero-order chi connectivity index (χ0) is 22.3. The van der Waals surface area contributed by atoms with E-state index in [0.717, 1.165) is 11.3 Å². The number of Topliss-reactive ketones (excluding diaryl/α,β-unsaturated/α-hetero) is 1. The molecule has 2 aliphatic carbocycles. The van der Waals surface area contributed by atoms with Crippen LogP contribution in [-0.2, 0) is 19.1 Å². The van der Waals surface area contributed by atoms with Crippen molar-refractivity contribution in [2.75, 3.05) is 18.6 Å². The van der Waals surface area contributed by atoms with Gasteiger partial charge in [0.15, 0.2) is 12.4 Å². The lowest BCUT2D eigenvalue weighted by molar-refractivity contribution is -0.158. The Morgan fingerprint density at radius 2 is 1.68 bits per heavy atom. The summed E-state index contributed by atoms with van der Waals surface area (Å²) in [6.07, 6.45) is 3.04. The van der Waals surface area contributed by atoms with Crippen LogP contribution in [0.3, 0.4) is 0 Å². The molecule has 3 aliphatic rings. The quantitative estimate of drug-likeness (QED) is 0.206. The van der Waals surface area contributed by atoms with E-state index in [1.807, 2.05) is 6.26 Å². The maximum Gasteiger partial charge on any atom is 0.329 e. The number of hydrogen-bond acceptors (Lipinski definition) is 6. The Hall–Kier alpha value is -1.19. The maximum atomic E-state index is 13.3. The molecule has 31 heavy (non-hydrogen) atoms. The number of carbonyl (C=O) groups is 4. The monoisotopic (exact) mass is 571 g/mol. The smallest absolute Gasteiger partial charge is 0.329 e. The topological polar surface area (TPSA) is 80.8 Å². The first-order valence-electron chi connectivity index (χ1n) is 10.3. The van der Waals surface area contributed by atoms with Crippen molar-refractivity contribution in [3.05, 3.63) is 35.9 Å². The third-order valence-corrected chi connectivity index (χ3v) is 10.5. The zero-order valence-electron chi connectivity index (χ0n) is 16.9. The highest BCUT2D eigenvalue weighted by Crippen LogP contribution is 2.60. The van der Waals surface area contributed by atoms with Gasteiger partial charge in [0.1, 0.15) is 6.04 Å². The van der Waals surface area contributed by atoms with E-state index < -0.39 is 18.6 Å². The normalized spacial score (nSPS) is 32.3. The predicted molar refractivity (Wildman–Crippen MR) is 124 cm³/mol. The summed E-state index contributed by atoms with van der Waals surface area (Å²) in [7, 11) is 0. The summed E-state index contributed by atoms with van der Waals surface area (Å²) in [4.78, 5) is 53.3. The number of nitrogens with zero attached hydrogens (tertiary/aromatic N) is 1. The van der Waals surface area contributed by atoms with Gasteiger partial charge < -0.3 is 4.74 Å². The van der Waals surface area contributed by atoms with Crippen LogP contribution in [0.2, 0.25) is 0 Å². The molecule has 2 saturated carbocycles. The summed E-state index contributed by atoms with van der Waals surface area (Å²) in [5.74, 6) is -1.58. The third kappa shape index (κ3) is 4.02. The van der Waals surface area contributed by atoms with Crippen LogP contribution in [0.5, 0.6) is 0 Å². The lowest BCUT2D eigenvalue weighted by Crippen LogP contribution is -2.47. The fraction of sp³-hybridized carbons (Fsp3) is 0.545. The fourth-order valence-electron chi connectivity index (χ4n) is 5.20. The first-order chi connectivity index (χ1) is 14.9. The van der Waals surface area contributed by atoms with Gasteiger partial charge in [-0.1, -0.05) is 62.2 Å². The van der Waals surface area contributed by atoms with Crippen molar-refractivity contribution in [2.24, 2.45) is 23.7 Å². The Bertz CT molecular complexity index is 865. The molecule has 0 N–H and O–H groups in total. The van der Waals surface area contributed by atoms with Gasteiger partial charge in [-0.25, -0.2) is 4.79 Å². The molecule has 1 aliphatic heterocycles. The average molecular weight is 573 g/mol. The zero-order valence-corrected chi connectivity index (χ0v) is 20.9. The van der Waals surface area contributed by atoms with E-state index in [1.165, 1.54) is 11.8 Å². The van der Waals surface area contributed by atoms with Gasteiger partial charge in [-0.15, -0.1) is 0 Å². The second-order valence-electron chi connectivity index (χ2n) is 8.24. The number of hydrogen-bond donors (Lipinski definition) is 0. The molecule has 0 aromatic heterocycles. The molecule has 1 saturated heterocycles. The van der Waals surface area contributed by atoms with Gasteiger partial charge in [0.2, 0.25) is 11.8 Å². The third-order valence-electron chi connectivity index (χ3n) is 6.64. The molecular formula is C22H23Br2NO5S. The van der Waals surface area contributed by atoms with Crippen molar-refractivity contribution in [3.8, 4) is 0 Å². The second kappa shape index (κ2) is 9.35. The van der Waals surface area contributed by atoms with Crippen LogP contribution in [0.1, 0.15) is 23.2 Å². The summed E-state index contributed by atoms with van der Waals surface area (Å²) in [6, 6.07) is 7.57. The second-order valence-corrected chi connectivity index (χ2v) is 11.3. The number of amides is 2. The highest BCUT2D eigenvalue weighted by molar-refractivity contribution is 9.12. The predicted octanol–water partition coefficient (Wildman–Crippen LogP) is 3.31. The molecule has 1 aromatic rings. The number of carbonyl (C=O) groups excluding carboxylic acids is 4. The molecule has 1 heterocycles. The van der Waals surface area contributed by atoms with Gasteiger partial charge in [0.25, 0.3) is 0 Å². The number of thioether (sulfide) groups is 1. The summed E-state index contributed by atoms with van der Waals surface area (Å²) >= 11 is 8.87. The van der Waals surface area contributed by atoms with Crippen molar-refractivity contribution < 1.29 is 23.9 Å². The lowest BCUT2D eigenvalue weighted by Gasteiger charge is -2.28. The average Bonchev–Trinajstić information content (AvgIpc) is 3.38. The van der Waals surface area contributed by atoms with Crippen LogP contribution < -0.4 is 0 Å². The SMILES string of the molecule is CSCC[C@H](C(=O)OCC(=O)c1ccccc1)N1C(=O)[C@@H]2[C@@H]3C[C@H]([C@H](Br)[C@@H]3Br)[C@@H]2C1=O. The molecule has 9 heteroatoms.